The summed E-state index contributed by atoms with van der Waals surface area (Å²) in [7, 11) is 1.91. The van der Waals surface area contributed by atoms with Gasteiger partial charge in [-0.25, -0.2) is 0 Å². The van der Waals surface area contributed by atoms with Gasteiger partial charge in [-0.3, -0.25) is 4.79 Å². The van der Waals surface area contributed by atoms with Gasteiger partial charge in [0.15, 0.2) is 5.75 Å². The van der Waals surface area contributed by atoms with Gasteiger partial charge in [0.2, 0.25) is 5.91 Å². The van der Waals surface area contributed by atoms with Crippen LogP contribution in [-0.4, -0.2) is 50.2 Å². The lowest BCUT2D eigenvalue weighted by atomic mass is 10.2. The van der Waals surface area contributed by atoms with Crippen LogP contribution in [0.1, 0.15) is 6.92 Å². The zero-order valence-electron chi connectivity index (χ0n) is 14.7. The molecular weight excluding hydrogens is 316 g/mol. The summed E-state index contributed by atoms with van der Waals surface area (Å²) in [6, 6.07) is 17.4. The zero-order valence-corrected chi connectivity index (χ0v) is 14.7. The summed E-state index contributed by atoms with van der Waals surface area (Å²) in [6.45, 7) is 4.20. The molecule has 3 rings (SSSR count). The van der Waals surface area contributed by atoms with Gasteiger partial charge in [0.25, 0.3) is 0 Å². The second-order valence-electron chi connectivity index (χ2n) is 6.26. The van der Waals surface area contributed by atoms with E-state index in [0.29, 0.717) is 26.2 Å². The summed E-state index contributed by atoms with van der Waals surface area (Å²) in [5, 5.41) is 0. The number of carbonyl (C=O) groups is 1. The van der Waals surface area contributed by atoms with E-state index in [2.05, 4.69) is 0 Å². The number of carbonyl (C=O) groups excluding carboxylic acids is 1. The Bertz CT molecular complexity index is 705. The minimum atomic E-state index is 0.0942. The maximum atomic E-state index is 12.6. The minimum absolute atomic E-state index is 0.0942. The molecule has 2 aromatic rings. The van der Waals surface area contributed by atoms with Crippen LogP contribution in [0.4, 0.5) is 5.69 Å². The van der Waals surface area contributed by atoms with Crippen LogP contribution >= 0.6 is 0 Å². The van der Waals surface area contributed by atoms with Crippen LogP contribution < -0.4 is 9.64 Å². The van der Waals surface area contributed by atoms with Gasteiger partial charge < -0.3 is 19.3 Å². The number of para-hydroxylation sites is 3. The van der Waals surface area contributed by atoms with E-state index in [9.17, 15) is 4.79 Å². The molecular formula is C20H24N2O3. The largest absolute Gasteiger partial charge is 0.455 e. The zero-order chi connectivity index (χ0) is 17.6. The van der Waals surface area contributed by atoms with Crippen molar-refractivity contribution in [1.29, 1.82) is 0 Å². The van der Waals surface area contributed by atoms with Gasteiger partial charge in [0.1, 0.15) is 5.75 Å². The van der Waals surface area contributed by atoms with Crippen molar-refractivity contribution in [1.82, 2.24) is 4.90 Å². The first-order valence-electron chi connectivity index (χ1n) is 8.56. The first-order valence-corrected chi connectivity index (χ1v) is 8.56. The Hall–Kier alpha value is -2.53. The molecule has 1 amide bonds. The lowest BCUT2D eigenvalue weighted by molar-refractivity contribution is -0.136. The summed E-state index contributed by atoms with van der Waals surface area (Å²) in [5.74, 6) is 1.61. The third kappa shape index (κ3) is 4.51. The molecule has 1 heterocycles. The number of hydrogen-bond donors (Lipinski definition) is 0. The summed E-state index contributed by atoms with van der Waals surface area (Å²) in [5.41, 5.74) is 0.890. The van der Waals surface area contributed by atoms with Gasteiger partial charge in [-0.1, -0.05) is 30.3 Å². The molecule has 1 saturated heterocycles. The number of anilines is 1. The molecule has 0 radical (unpaired) electrons. The Kier molecular flexibility index (Phi) is 5.56. The van der Waals surface area contributed by atoms with Gasteiger partial charge in [-0.2, -0.15) is 0 Å². The molecule has 1 unspecified atom stereocenters. The van der Waals surface area contributed by atoms with Gasteiger partial charge in [-0.05, 0) is 31.2 Å². The van der Waals surface area contributed by atoms with Gasteiger partial charge in [0, 0.05) is 20.1 Å². The highest BCUT2D eigenvalue weighted by atomic mass is 16.5. The van der Waals surface area contributed by atoms with E-state index in [0.717, 1.165) is 17.2 Å². The van der Waals surface area contributed by atoms with E-state index >= 15 is 0 Å². The smallest absolute Gasteiger partial charge is 0.242 e. The van der Waals surface area contributed by atoms with Crippen molar-refractivity contribution < 1.29 is 14.3 Å². The van der Waals surface area contributed by atoms with Gasteiger partial charge >= 0.3 is 0 Å². The van der Waals surface area contributed by atoms with Crippen molar-refractivity contribution in [2.45, 2.75) is 13.0 Å². The Morgan fingerprint density at radius 1 is 1.20 bits per heavy atom. The SMILES string of the molecule is CC1CN(C(=O)CN(C)c2ccccc2Oc2ccccc2)CCO1. The van der Waals surface area contributed by atoms with Crippen molar-refractivity contribution in [3.8, 4) is 11.5 Å². The first kappa shape index (κ1) is 17.3. The van der Waals surface area contributed by atoms with Gasteiger partial charge in [-0.15, -0.1) is 0 Å². The molecule has 0 aromatic heterocycles. The number of nitrogens with zero attached hydrogens (tertiary/aromatic N) is 2. The minimum Gasteiger partial charge on any atom is -0.455 e. The van der Waals surface area contributed by atoms with Crippen molar-refractivity contribution in [3.05, 3.63) is 54.6 Å². The van der Waals surface area contributed by atoms with Crippen LogP contribution in [0.5, 0.6) is 11.5 Å². The average molecular weight is 340 g/mol. The molecule has 132 valence electrons. The number of morpholine rings is 1. The van der Waals surface area contributed by atoms with Crippen LogP contribution in [0.3, 0.4) is 0 Å². The van der Waals surface area contributed by atoms with E-state index in [1.54, 1.807) is 0 Å². The standard InChI is InChI=1S/C20H24N2O3/c1-16-14-22(12-13-24-16)20(23)15-21(2)18-10-6-7-11-19(18)25-17-8-4-3-5-9-17/h3-11,16H,12-15H2,1-2H3. The van der Waals surface area contributed by atoms with Crippen LogP contribution in [0, 0.1) is 0 Å². The molecule has 0 saturated carbocycles. The van der Waals surface area contributed by atoms with Crippen LogP contribution in [0.15, 0.2) is 54.6 Å². The van der Waals surface area contributed by atoms with Crippen LogP contribution in [-0.2, 0) is 9.53 Å². The summed E-state index contributed by atoms with van der Waals surface area (Å²) >= 11 is 0. The molecule has 1 atom stereocenters. The average Bonchev–Trinajstić information content (AvgIpc) is 2.63. The highest BCUT2D eigenvalue weighted by Crippen LogP contribution is 2.31. The number of benzene rings is 2. The van der Waals surface area contributed by atoms with E-state index < -0.39 is 0 Å². The molecule has 5 heteroatoms. The number of ether oxygens (including phenoxy) is 2. The summed E-state index contributed by atoms with van der Waals surface area (Å²) in [6.07, 6.45) is 0.0942. The molecule has 1 fully saturated rings. The lowest BCUT2D eigenvalue weighted by Gasteiger charge is -2.33. The van der Waals surface area contributed by atoms with E-state index in [-0.39, 0.29) is 12.0 Å². The number of amides is 1. The molecule has 2 aromatic carbocycles. The highest BCUT2D eigenvalue weighted by molar-refractivity contribution is 5.82. The molecule has 0 aliphatic carbocycles. The monoisotopic (exact) mass is 340 g/mol. The Morgan fingerprint density at radius 2 is 1.92 bits per heavy atom. The second kappa shape index (κ2) is 8.03. The highest BCUT2D eigenvalue weighted by Gasteiger charge is 2.23. The fourth-order valence-electron chi connectivity index (χ4n) is 2.91. The normalized spacial score (nSPS) is 17.2. The van der Waals surface area contributed by atoms with Gasteiger partial charge in [0.05, 0.1) is 24.9 Å². The van der Waals surface area contributed by atoms with E-state index in [4.69, 9.17) is 9.47 Å². The molecule has 1 aliphatic rings. The molecule has 5 nitrogen and oxygen atoms in total. The quantitative estimate of drug-likeness (QED) is 0.838. The first-order chi connectivity index (χ1) is 12.1. The predicted octanol–water partition coefficient (Wildman–Crippen LogP) is 3.16. The van der Waals surface area contributed by atoms with Crippen molar-refractivity contribution >= 4 is 11.6 Å². The molecule has 25 heavy (non-hydrogen) atoms. The van der Waals surface area contributed by atoms with Crippen molar-refractivity contribution in [3.63, 3.8) is 0 Å². The Balaban J connectivity index is 1.69. The van der Waals surface area contributed by atoms with Crippen LogP contribution in [0.2, 0.25) is 0 Å². The number of likely N-dealkylation sites (N-methyl/N-ethyl adjacent to an activating group) is 1. The summed E-state index contributed by atoms with van der Waals surface area (Å²) < 4.78 is 11.5. The van der Waals surface area contributed by atoms with Crippen molar-refractivity contribution in [2.24, 2.45) is 0 Å². The molecule has 1 aliphatic heterocycles. The number of rotatable bonds is 5. The molecule has 0 bridgehead atoms. The summed E-state index contributed by atoms with van der Waals surface area (Å²) in [4.78, 5) is 16.4. The van der Waals surface area contributed by atoms with E-state index in [1.807, 2.05) is 78.4 Å². The third-order valence-corrected chi connectivity index (χ3v) is 4.21. The molecule has 0 spiro atoms. The van der Waals surface area contributed by atoms with E-state index in [1.165, 1.54) is 0 Å². The lowest BCUT2D eigenvalue weighted by Crippen LogP contribution is -2.47. The molecule has 0 N–H and O–H groups in total. The maximum absolute atomic E-state index is 12.6. The fraction of sp³-hybridized carbons (Fsp3) is 0.350. The Morgan fingerprint density at radius 3 is 2.68 bits per heavy atom. The fourth-order valence-corrected chi connectivity index (χ4v) is 2.91. The topological polar surface area (TPSA) is 42.0 Å². The van der Waals surface area contributed by atoms with Crippen molar-refractivity contribution in [2.75, 3.05) is 38.2 Å². The predicted molar refractivity (Wildman–Crippen MR) is 98.2 cm³/mol. The Labute approximate surface area is 148 Å². The second-order valence-corrected chi connectivity index (χ2v) is 6.26. The third-order valence-electron chi connectivity index (χ3n) is 4.21. The number of hydrogen-bond acceptors (Lipinski definition) is 4. The maximum Gasteiger partial charge on any atom is 0.242 e. The van der Waals surface area contributed by atoms with Crippen LogP contribution in [0.25, 0.3) is 0 Å².